The predicted molar refractivity (Wildman–Crippen MR) is 76.4 cm³/mol. The molecule has 1 rings (SSSR count). The van der Waals surface area contributed by atoms with Gasteiger partial charge in [0.05, 0.1) is 6.61 Å². The zero-order valence-electron chi connectivity index (χ0n) is 12.0. The molecule has 0 fully saturated rings. The molecule has 2 atom stereocenters. The molecular weight excluding hydrogens is 242 g/mol. The summed E-state index contributed by atoms with van der Waals surface area (Å²) >= 11 is 0. The van der Waals surface area contributed by atoms with Crippen molar-refractivity contribution in [1.82, 2.24) is 5.32 Å². The zero-order chi connectivity index (χ0) is 14.3. The Kier molecular flexibility index (Phi) is 6.84. The average molecular weight is 267 g/mol. The smallest absolute Gasteiger partial charge is 0.122 e. The minimum Gasteiger partial charge on any atom is -0.491 e. The van der Waals surface area contributed by atoms with E-state index in [0.717, 1.165) is 11.3 Å². The van der Waals surface area contributed by atoms with E-state index in [1.54, 1.807) is 0 Å². The Hall–Kier alpha value is -1.10. The van der Waals surface area contributed by atoms with Crippen molar-refractivity contribution in [2.75, 3.05) is 19.8 Å². The number of aryl methyl sites for hydroxylation is 1. The standard InChI is InChI=1S/C15H25NO3/c1-11(2)14(9-17)16-8-13(18)10-19-15-7-5-4-6-12(15)3/h4-7,11,13-14,16-18H,8-10H2,1-3H3. The molecule has 0 radical (unpaired) electrons. The quantitative estimate of drug-likeness (QED) is 0.665. The second kappa shape index (κ2) is 8.15. The number of aliphatic hydroxyl groups excluding tert-OH is 2. The van der Waals surface area contributed by atoms with Crippen LogP contribution in [-0.2, 0) is 0 Å². The molecule has 0 spiro atoms. The van der Waals surface area contributed by atoms with Crippen molar-refractivity contribution in [2.24, 2.45) is 5.92 Å². The van der Waals surface area contributed by atoms with Crippen LogP contribution in [0.2, 0.25) is 0 Å². The van der Waals surface area contributed by atoms with Gasteiger partial charge in [0.1, 0.15) is 18.5 Å². The molecule has 1 aromatic rings. The number of benzene rings is 1. The largest absolute Gasteiger partial charge is 0.491 e. The van der Waals surface area contributed by atoms with Gasteiger partial charge in [-0.3, -0.25) is 0 Å². The summed E-state index contributed by atoms with van der Waals surface area (Å²) in [6, 6.07) is 7.73. The molecule has 0 aromatic heterocycles. The number of aliphatic hydroxyl groups is 2. The minimum atomic E-state index is -0.590. The van der Waals surface area contributed by atoms with Gasteiger partial charge >= 0.3 is 0 Å². The van der Waals surface area contributed by atoms with E-state index in [-0.39, 0.29) is 19.3 Å². The maximum Gasteiger partial charge on any atom is 0.122 e. The van der Waals surface area contributed by atoms with Gasteiger partial charge in [-0.25, -0.2) is 0 Å². The second-order valence-electron chi connectivity index (χ2n) is 5.17. The number of hydrogen-bond donors (Lipinski definition) is 3. The predicted octanol–water partition coefficient (Wildman–Crippen LogP) is 1.34. The van der Waals surface area contributed by atoms with E-state index in [1.807, 2.05) is 45.0 Å². The molecule has 0 aliphatic rings. The lowest BCUT2D eigenvalue weighted by Crippen LogP contribution is -2.42. The first-order chi connectivity index (χ1) is 9.04. The van der Waals surface area contributed by atoms with Crippen LogP contribution in [0.4, 0.5) is 0 Å². The van der Waals surface area contributed by atoms with Crippen LogP contribution in [0.3, 0.4) is 0 Å². The third kappa shape index (κ3) is 5.59. The molecule has 0 aliphatic carbocycles. The van der Waals surface area contributed by atoms with Crippen molar-refractivity contribution >= 4 is 0 Å². The highest BCUT2D eigenvalue weighted by molar-refractivity contribution is 5.31. The van der Waals surface area contributed by atoms with Crippen LogP contribution >= 0.6 is 0 Å². The van der Waals surface area contributed by atoms with Gasteiger partial charge < -0.3 is 20.3 Å². The molecule has 2 unspecified atom stereocenters. The number of para-hydroxylation sites is 1. The second-order valence-corrected chi connectivity index (χ2v) is 5.17. The van der Waals surface area contributed by atoms with E-state index < -0.39 is 6.10 Å². The molecule has 0 saturated heterocycles. The first-order valence-corrected chi connectivity index (χ1v) is 6.75. The SMILES string of the molecule is Cc1ccccc1OCC(O)CNC(CO)C(C)C. The molecule has 19 heavy (non-hydrogen) atoms. The zero-order valence-corrected chi connectivity index (χ0v) is 12.0. The Balaban J connectivity index is 2.32. The third-order valence-electron chi connectivity index (χ3n) is 3.14. The topological polar surface area (TPSA) is 61.7 Å². The Morgan fingerprint density at radius 2 is 1.95 bits per heavy atom. The normalized spacial score (nSPS) is 14.4. The summed E-state index contributed by atoms with van der Waals surface area (Å²) in [5, 5.41) is 22.2. The van der Waals surface area contributed by atoms with Crippen LogP contribution in [0.15, 0.2) is 24.3 Å². The van der Waals surface area contributed by atoms with E-state index in [0.29, 0.717) is 12.5 Å². The van der Waals surface area contributed by atoms with Gasteiger partial charge in [0.25, 0.3) is 0 Å². The summed E-state index contributed by atoms with van der Waals surface area (Å²) in [6.45, 7) is 6.77. The fourth-order valence-corrected chi connectivity index (χ4v) is 1.76. The van der Waals surface area contributed by atoms with E-state index in [4.69, 9.17) is 4.74 Å². The van der Waals surface area contributed by atoms with Crippen molar-refractivity contribution < 1.29 is 14.9 Å². The third-order valence-corrected chi connectivity index (χ3v) is 3.14. The Bertz CT molecular complexity index is 368. The molecule has 4 nitrogen and oxygen atoms in total. The molecule has 0 saturated carbocycles. The van der Waals surface area contributed by atoms with Gasteiger partial charge in [-0.2, -0.15) is 0 Å². The van der Waals surface area contributed by atoms with Crippen LogP contribution in [-0.4, -0.2) is 42.1 Å². The van der Waals surface area contributed by atoms with Gasteiger partial charge in [-0.15, -0.1) is 0 Å². The monoisotopic (exact) mass is 267 g/mol. The van der Waals surface area contributed by atoms with Crippen molar-refractivity contribution in [3.8, 4) is 5.75 Å². The van der Waals surface area contributed by atoms with Gasteiger partial charge in [-0.1, -0.05) is 32.0 Å². The summed E-state index contributed by atoms with van der Waals surface area (Å²) in [4.78, 5) is 0. The van der Waals surface area contributed by atoms with E-state index in [9.17, 15) is 10.2 Å². The van der Waals surface area contributed by atoms with Crippen LogP contribution in [0.5, 0.6) is 5.75 Å². The lowest BCUT2D eigenvalue weighted by Gasteiger charge is -2.22. The maximum absolute atomic E-state index is 9.86. The molecule has 108 valence electrons. The highest BCUT2D eigenvalue weighted by atomic mass is 16.5. The fourth-order valence-electron chi connectivity index (χ4n) is 1.76. The molecule has 3 N–H and O–H groups in total. The first kappa shape index (κ1) is 16.0. The highest BCUT2D eigenvalue weighted by Crippen LogP contribution is 2.16. The molecule has 1 aromatic carbocycles. The molecule has 0 bridgehead atoms. The van der Waals surface area contributed by atoms with Crippen molar-refractivity contribution in [3.05, 3.63) is 29.8 Å². The van der Waals surface area contributed by atoms with Gasteiger partial charge in [0, 0.05) is 12.6 Å². The van der Waals surface area contributed by atoms with Crippen molar-refractivity contribution in [2.45, 2.75) is 32.9 Å². The number of hydrogen-bond acceptors (Lipinski definition) is 4. The Morgan fingerprint density at radius 3 is 2.53 bits per heavy atom. The van der Waals surface area contributed by atoms with E-state index in [2.05, 4.69) is 5.32 Å². The van der Waals surface area contributed by atoms with Crippen LogP contribution in [0.1, 0.15) is 19.4 Å². The molecule has 0 heterocycles. The summed E-state index contributed by atoms with van der Waals surface area (Å²) < 4.78 is 5.57. The molecule has 4 heteroatoms. The van der Waals surface area contributed by atoms with E-state index >= 15 is 0 Å². The summed E-state index contributed by atoms with van der Waals surface area (Å²) in [7, 11) is 0. The maximum atomic E-state index is 9.86. The lowest BCUT2D eigenvalue weighted by atomic mass is 10.1. The summed E-state index contributed by atoms with van der Waals surface area (Å²) in [5.74, 6) is 1.12. The average Bonchev–Trinajstić information content (AvgIpc) is 2.38. The number of rotatable bonds is 8. The minimum absolute atomic E-state index is 0.00751. The number of ether oxygens (including phenoxy) is 1. The molecular formula is C15H25NO3. The molecule has 0 amide bonds. The van der Waals surface area contributed by atoms with Gasteiger partial charge in [0.15, 0.2) is 0 Å². The van der Waals surface area contributed by atoms with Gasteiger partial charge in [-0.05, 0) is 24.5 Å². The first-order valence-electron chi connectivity index (χ1n) is 6.75. The lowest BCUT2D eigenvalue weighted by molar-refractivity contribution is 0.0959. The number of nitrogens with one attached hydrogen (secondary N) is 1. The van der Waals surface area contributed by atoms with Crippen LogP contribution < -0.4 is 10.1 Å². The highest BCUT2D eigenvalue weighted by Gasteiger charge is 2.14. The van der Waals surface area contributed by atoms with Crippen molar-refractivity contribution in [1.29, 1.82) is 0 Å². The van der Waals surface area contributed by atoms with Crippen LogP contribution in [0, 0.1) is 12.8 Å². The Morgan fingerprint density at radius 1 is 1.26 bits per heavy atom. The summed E-state index contributed by atoms with van der Waals surface area (Å²) in [5.41, 5.74) is 1.05. The van der Waals surface area contributed by atoms with Gasteiger partial charge in [0.2, 0.25) is 0 Å². The Labute approximate surface area is 115 Å². The van der Waals surface area contributed by atoms with Crippen molar-refractivity contribution in [3.63, 3.8) is 0 Å². The summed E-state index contributed by atoms with van der Waals surface area (Å²) in [6.07, 6.45) is -0.590. The van der Waals surface area contributed by atoms with E-state index in [1.165, 1.54) is 0 Å². The van der Waals surface area contributed by atoms with Crippen LogP contribution in [0.25, 0.3) is 0 Å². The molecule has 0 aliphatic heterocycles. The fraction of sp³-hybridized carbons (Fsp3) is 0.600.